The molecule has 14 N–H and O–H groups in total. The molecule has 4 aliphatic carbocycles. The number of nitrogen functional groups attached to an aromatic ring is 2. The van der Waals surface area contributed by atoms with Crippen molar-refractivity contribution >= 4 is 130 Å². The van der Waals surface area contributed by atoms with Crippen LogP contribution in [0.5, 0.6) is 0 Å². The van der Waals surface area contributed by atoms with Gasteiger partial charge < -0.3 is 58.2 Å². The van der Waals surface area contributed by atoms with Crippen LogP contribution in [0.25, 0.3) is 31.7 Å². The van der Waals surface area contributed by atoms with Gasteiger partial charge in [0.05, 0.1) is 88.2 Å². The molecule has 2 aliphatic heterocycles. The van der Waals surface area contributed by atoms with Crippen molar-refractivity contribution in [1.82, 2.24) is 89.3 Å². The number of nitrogens with one attached hydrogen (secondary N) is 4. The number of thiazole rings is 5. The normalized spacial score (nSPS) is 16.8. The van der Waals surface area contributed by atoms with Crippen LogP contribution in [0.15, 0.2) is 72.8 Å². The molecule has 0 radical (unpaired) electrons. The van der Waals surface area contributed by atoms with Crippen molar-refractivity contribution in [2.75, 3.05) is 91.7 Å². The lowest BCUT2D eigenvalue weighted by Gasteiger charge is -2.21. The lowest BCUT2D eigenvalue weighted by atomic mass is 10.1. The number of ether oxygens (including phenoxy) is 2. The molecule has 6 fully saturated rings. The third-order valence-corrected chi connectivity index (χ3v) is 25.0. The average molecular weight is 1730 g/mol. The number of nitrogens with two attached hydrogens (primary N) is 5. The van der Waals surface area contributed by atoms with E-state index >= 15 is 0 Å². The van der Waals surface area contributed by atoms with Crippen molar-refractivity contribution in [2.24, 2.45) is 27.6 Å². The SMILES string of the molecule is CC(=O)c1sc(N)nc1C.CC1(C(=N)N)CC1.COC(OC)N(C)C.Cc1nc(N)sc1-c1ccnc(C2(C)CC2)n1.Cc1nc(N=CN(C)C)sc1C(=O)/C=C/N(C)C.Cc1nc(NC(=O)N2CCC[C@H]2C(N)=O)sc1-c1ccnc(C2(C)CC2)n1.Cc1nc(NC(=O)n2ccnc2)sc1-c1ccnc(C2(C)CC2)n1.NC(=O)[C@@H]1CCCN1. The second-order valence-electron chi connectivity index (χ2n) is 30.9. The molecule has 15 rings (SSSR count). The Morgan fingerprint density at radius 2 is 1.08 bits per heavy atom. The van der Waals surface area contributed by atoms with Crippen molar-refractivity contribution < 1.29 is 38.2 Å². The lowest BCUT2D eigenvalue weighted by molar-refractivity contribution is -0.179. The third-order valence-electron chi connectivity index (χ3n) is 19.6. The van der Waals surface area contributed by atoms with Crippen LogP contribution in [-0.2, 0) is 35.3 Å². The number of urea groups is 1. The molecule has 0 aromatic carbocycles. The summed E-state index contributed by atoms with van der Waals surface area (Å²) in [6, 6.07) is 4.45. The summed E-state index contributed by atoms with van der Waals surface area (Å²) in [5.41, 5.74) is 33.9. The zero-order chi connectivity index (χ0) is 87.4. The standard InChI is InChI=1S/C18H22N6O2S.C16H16N6OS.C12H18N4OS.C12H14N4S.C6H8N2OS.C5H10N2O.C5H10N2.C5H13NO2/c1-10-13(11-5-8-20-15(22-11)18(2)6-7-18)27-16(21-10)23-17(26)24-9-3-4-12(24)14(19)25;1-10-12(11-3-6-18-13(20-11)16(2)4-5-16)24-14(19-10)21-15(23)22-8-7-17-9-22;1-9-11(10(17)6-7-15(2)3)18-12(14-9)13-8-16(4)5;1-7-9(17-11(13)15-7)8-3-6-14-10(16-8)12(2)4-5-12;1-3-5(4(2)9)10-6(7)8-3;6-5(8)4-2-1-3-7-4;1-5(2-3-5)4(6)7;1-6(2)5(7-3)8-4/h5,8,12H,3-4,6-7,9H2,1-2H3,(H2,19,25)(H,21,23,26);3,6-9H,4-5H2,1-2H3,(H,19,21,23);6-8H,1-5H3;3,6H,4-5H2,1-2H3,(H2,13,15);1-2H3,(H2,7,8);4,7H,1-3H2,(H2,6,8);2-3H2,1H3,(H3,6,7);5H,1-4H3/b;;7-6+,13-8?;;;;;/t12-;;;;;4-;;/m0....0../s1. The number of imidazole rings is 1. The maximum absolute atomic E-state index is 12.5. The molecule has 4 saturated carbocycles. The highest BCUT2D eigenvalue weighted by atomic mass is 32.1. The maximum atomic E-state index is 12.5. The summed E-state index contributed by atoms with van der Waals surface area (Å²) in [4.78, 5) is 137. The largest absolute Gasteiger partial charge is 0.387 e. The Kier molecular flexibility index (Phi) is 33.2. The van der Waals surface area contributed by atoms with Gasteiger partial charge in [-0.1, -0.05) is 84.4 Å². The number of hydrogen-bond acceptors (Lipinski definition) is 32. The number of amidine groups is 1. The summed E-state index contributed by atoms with van der Waals surface area (Å²) in [5, 5.41) is 18.2. The van der Waals surface area contributed by atoms with Gasteiger partial charge in [-0.3, -0.25) is 44.7 Å². The summed E-state index contributed by atoms with van der Waals surface area (Å²) in [5.74, 6) is 2.35. The van der Waals surface area contributed by atoms with Gasteiger partial charge in [-0.15, -0.1) is 0 Å². The average Bonchev–Trinajstić information content (AvgIpc) is 1.63. The van der Waals surface area contributed by atoms with E-state index in [4.69, 9.17) is 53.5 Å². The van der Waals surface area contributed by atoms with Crippen molar-refractivity contribution in [3.8, 4) is 31.7 Å². The highest BCUT2D eigenvalue weighted by Gasteiger charge is 2.45. The molecule has 11 heterocycles. The Morgan fingerprint density at radius 1 is 0.597 bits per heavy atom. The van der Waals surface area contributed by atoms with Crippen LogP contribution in [0.1, 0.15) is 177 Å². The highest BCUT2D eigenvalue weighted by Crippen LogP contribution is 2.49. The number of anilines is 4. The van der Waals surface area contributed by atoms with Crippen molar-refractivity contribution in [1.29, 1.82) is 5.41 Å². The zero-order valence-electron chi connectivity index (χ0n) is 70.8. The first-order valence-corrected chi connectivity index (χ1v) is 42.5. The van der Waals surface area contributed by atoms with E-state index in [2.05, 4.69) is 91.6 Å². The molecule has 5 amide bonds. The molecule has 9 aromatic heterocycles. The Morgan fingerprint density at radius 3 is 1.42 bits per heavy atom. The number of allylic oxidation sites excluding steroid dienone is 1. The van der Waals surface area contributed by atoms with Crippen molar-refractivity contribution in [3.05, 3.63) is 123 Å². The molecule has 0 spiro atoms. The molecule has 0 unspecified atom stereocenters. The molecule has 40 heteroatoms. The number of carbonyl (C=O) groups is 6. The Labute approximate surface area is 714 Å². The second-order valence-corrected chi connectivity index (χ2v) is 36.0. The first-order valence-electron chi connectivity index (χ1n) is 38.5. The summed E-state index contributed by atoms with van der Waals surface area (Å²) in [6.07, 6.45) is 27.1. The minimum atomic E-state index is -0.547. The summed E-state index contributed by atoms with van der Waals surface area (Å²) >= 11 is 6.81. The van der Waals surface area contributed by atoms with Crippen LogP contribution in [0.3, 0.4) is 0 Å². The highest BCUT2D eigenvalue weighted by molar-refractivity contribution is 7.20. The number of primary amides is 2. The van der Waals surface area contributed by atoms with E-state index in [-0.39, 0.29) is 63.7 Å². The molecular weight excluding hydrogens is 1620 g/mol. The van der Waals surface area contributed by atoms with Gasteiger partial charge in [0.2, 0.25) is 23.4 Å². The Bertz CT molecular complexity index is 5020. The topological polar surface area (TPSA) is 496 Å². The van der Waals surface area contributed by atoms with Crippen LogP contribution in [0.4, 0.5) is 35.2 Å². The van der Waals surface area contributed by atoms with Gasteiger partial charge in [-0.2, -0.15) is 0 Å². The number of carbonyl (C=O) groups excluding carboxylic acids is 6. The fourth-order valence-corrected chi connectivity index (χ4v) is 15.6. The smallest absolute Gasteiger partial charge is 0.333 e. The molecule has 6 aliphatic rings. The van der Waals surface area contributed by atoms with Crippen LogP contribution >= 0.6 is 56.7 Å². The molecular formula is C79H111N27O8S5. The fraction of sp³-hybridized carbons (Fsp3) is 0.494. The number of nitrogens with zero attached hydrogens (tertiary/aromatic N) is 18. The molecule has 119 heavy (non-hydrogen) atoms. The van der Waals surface area contributed by atoms with Crippen molar-refractivity contribution in [2.45, 2.75) is 181 Å². The molecule has 2 atom stereocenters. The number of Topliss-reactive ketones (excluding diaryl/α,β-unsaturated/α-hetero) is 1. The predicted octanol–water partition coefficient (Wildman–Crippen LogP) is 11.5. The minimum absolute atomic E-state index is 0.0340. The Hall–Kier alpha value is -10.5. The number of ketones is 2. The van der Waals surface area contributed by atoms with E-state index in [9.17, 15) is 28.8 Å². The first-order chi connectivity index (χ1) is 56.2. The minimum Gasteiger partial charge on any atom is -0.387 e. The monoisotopic (exact) mass is 1730 g/mol. The number of aromatic nitrogens is 13. The number of hydrogen-bond donors (Lipinski definition) is 9. The van der Waals surface area contributed by atoms with Gasteiger partial charge >= 0.3 is 12.1 Å². The van der Waals surface area contributed by atoms with E-state index in [1.165, 1.54) is 92.2 Å². The second kappa shape index (κ2) is 42.0. The van der Waals surface area contributed by atoms with E-state index < -0.39 is 11.9 Å². The summed E-state index contributed by atoms with van der Waals surface area (Å²) < 4.78 is 11.1. The van der Waals surface area contributed by atoms with Gasteiger partial charge in [0.1, 0.15) is 29.8 Å². The molecule has 2 saturated heterocycles. The van der Waals surface area contributed by atoms with E-state index in [1.807, 2.05) is 116 Å². The van der Waals surface area contributed by atoms with Gasteiger partial charge in [0.25, 0.3) is 0 Å². The number of amides is 5. The van der Waals surface area contributed by atoms with Crippen LogP contribution in [0.2, 0.25) is 0 Å². The van der Waals surface area contributed by atoms with Gasteiger partial charge in [-0.25, -0.2) is 74.4 Å². The number of aryl methyl sites for hydroxylation is 5. The number of likely N-dealkylation sites (tertiary alicyclic amines) is 1. The maximum Gasteiger partial charge on any atom is 0.333 e. The van der Waals surface area contributed by atoms with Crippen LogP contribution < -0.4 is 44.6 Å². The third kappa shape index (κ3) is 27.3. The number of rotatable bonds is 20. The van der Waals surface area contributed by atoms with Gasteiger partial charge in [-0.05, 0) is 151 Å². The Balaban J connectivity index is 0.000000177. The zero-order valence-corrected chi connectivity index (χ0v) is 74.9. The predicted molar refractivity (Wildman–Crippen MR) is 470 cm³/mol. The van der Waals surface area contributed by atoms with E-state index in [0.717, 1.165) is 142 Å². The number of aliphatic imine (C=N–C) groups is 1. The quantitative estimate of drug-likeness (QED) is 0.0112. The summed E-state index contributed by atoms with van der Waals surface area (Å²) in [6.45, 7) is 20.9. The van der Waals surface area contributed by atoms with Gasteiger partial charge in [0, 0.05) is 121 Å². The number of methoxy groups -OCH3 is 2. The van der Waals surface area contributed by atoms with Crippen LogP contribution in [-0.4, -0.2) is 220 Å². The first kappa shape index (κ1) is 94.0. The lowest BCUT2D eigenvalue weighted by Crippen LogP contribution is -2.45. The molecule has 35 nitrogen and oxygen atoms in total. The van der Waals surface area contributed by atoms with Crippen LogP contribution in [0, 0.1) is 45.4 Å². The summed E-state index contributed by atoms with van der Waals surface area (Å²) in [7, 11) is 14.5. The van der Waals surface area contributed by atoms with E-state index in [0.29, 0.717) is 54.2 Å². The fourth-order valence-electron chi connectivity index (χ4n) is 11.4. The van der Waals surface area contributed by atoms with E-state index in [1.54, 1.807) is 64.5 Å². The molecule has 0 bridgehead atoms. The molecule has 640 valence electrons. The molecule has 9 aromatic rings. The van der Waals surface area contributed by atoms with Gasteiger partial charge in [0.15, 0.2) is 32.1 Å². The van der Waals surface area contributed by atoms with Crippen molar-refractivity contribution in [3.63, 3.8) is 0 Å².